The van der Waals surface area contributed by atoms with Crippen LogP contribution in [0.25, 0.3) is 0 Å². The van der Waals surface area contributed by atoms with Gasteiger partial charge in [0.15, 0.2) is 5.69 Å². The average Bonchev–Trinajstić information content (AvgIpc) is 2.73. The first kappa shape index (κ1) is 15.5. The number of aromatic amines is 1. The molecule has 0 aliphatic carbocycles. The molecule has 0 radical (unpaired) electrons. The first-order chi connectivity index (χ1) is 9.72. The Morgan fingerprint density at radius 1 is 1.38 bits per heavy atom. The molecule has 0 unspecified atom stereocenters. The van der Waals surface area contributed by atoms with E-state index in [0.717, 1.165) is 0 Å². The molecule has 1 amide bonds. The third-order valence-corrected chi connectivity index (χ3v) is 4.84. The van der Waals surface area contributed by atoms with Crippen LogP contribution in [0.4, 0.5) is 5.69 Å². The number of nitrogens with two attached hydrogens (primary N) is 1. The lowest BCUT2D eigenvalue weighted by Crippen LogP contribution is -2.19. The van der Waals surface area contributed by atoms with Crippen LogP contribution in [0.5, 0.6) is 0 Å². The predicted molar refractivity (Wildman–Crippen MR) is 81.5 cm³/mol. The van der Waals surface area contributed by atoms with Gasteiger partial charge in [-0.3, -0.25) is 14.6 Å². The molecule has 2 aromatic rings. The highest BCUT2D eigenvalue weighted by molar-refractivity contribution is 9.10. The van der Waals surface area contributed by atoms with Crippen molar-refractivity contribution in [3.05, 3.63) is 39.6 Å². The van der Waals surface area contributed by atoms with Gasteiger partial charge in [0.25, 0.3) is 15.9 Å². The number of rotatable bonds is 4. The number of carbonyl (C=O) groups excluding carboxylic acids is 1. The zero-order chi connectivity index (χ0) is 15.8. The number of anilines is 1. The Morgan fingerprint density at radius 3 is 2.67 bits per heavy atom. The highest BCUT2D eigenvalue weighted by atomic mass is 79.9. The van der Waals surface area contributed by atoms with Crippen LogP contribution >= 0.6 is 15.9 Å². The van der Waals surface area contributed by atoms with Gasteiger partial charge in [-0.15, -0.1) is 0 Å². The first-order valence-corrected chi connectivity index (χ1v) is 8.13. The molecule has 1 heterocycles. The molecule has 0 aliphatic rings. The van der Waals surface area contributed by atoms with Crippen molar-refractivity contribution < 1.29 is 13.2 Å². The van der Waals surface area contributed by atoms with Gasteiger partial charge in [0.2, 0.25) is 0 Å². The first-order valence-electron chi connectivity index (χ1n) is 5.86. The van der Waals surface area contributed by atoms with E-state index in [1.807, 2.05) is 0 Å². The molecule has 21 heavy (non-hydrogen) atoms. The van der Waals surface area contributed by atoms with Gasteiger partial charge in [-0.2, -0.15) is 5.10 Å². The SMILES string of the molecule is Cc1ccc(Br)cc1S(=O)(=O)Nc1c(C(N)=O)n[nH]c1C. The molecule has 2 rings (SSSR count). The zero-order valence-electron chi connectivity index (χ0n) is 11.3. The quantitative estimate of drug-likeness (QED) is 0.756. The number of benzene rings is 1. The summed E-state index contributed by atoms with van der Waals surface area (Å²) in [5.74, 6) is -0.817. The van der Waals surface area contributed by atoms with Crippen molar-refractivity contribution in [2.24, 2.45) is 5.73 Å². The van der Waals surface area contributed by atoms with Crippen LogP contribution in [0.1, 0.15) is 21.7 Å². The number of aromatic nitrogens is 2. The second kappa shape index (κ2) is 5.49. The maximum Gasteiger partial charge on any atom is 0.271 e. The number of amides is 1. The van der Waals surface area contributed by atoms with Crippen molar-refractivity contribution in [2.75, 3.05) is 4.72 Å². The molecule has 7 nitrogen and oxygen atoms in total. The largest absolute Gasteiger partial charge is 0.364 e. The number of aryl methyl sites for hydroxylation is 2. The summed E-state index contributed by atoms with van der Waals surface area (Å²) in [6.45, 7) is 3.27. The summed E-state index contributed by atoms with van der Waals surface area (Å²) in [7, 11) is -3.86. The minimum absolute atomic E-state index is 0.0573. The molecule has 0 saturated carbocycles. The van der Waals surface area contributed by atoms with Gasteiger partial charge in [0.1, 0.15) is 5.69 Å². The number of carbonyl (C=O) groups is 1. The summed E-state index contributed by atoms with van der Waals surface area (Å²) in [6, 6.07) is 4.90. The molecule has 0 bridgehead atoms. The van der Waals surface area contributed by atoms with Crippen LogP contribution in [0.15, 0.2) is 27.6 Å². The number of primary amides is 1. The number of halogens is 1. The fourth-order valence-electron chi connectivity index (χ4n) is 1.79. The summed E-state index contributed by atoms with van der Waals surface area (Å²) in [5.41, 5.74) is 6.06. The molecule has 112 valence electrons. The van der Waals surface area contributed by atoms with E-state index in [1.165, 1.54) is 6.07 Å². The number of nitrogens with one attached hydrogen (secondary N) is 2. The molecule has 0 spiro atoms. The number of H-pyrrole nitrogens is 1. The lowest BCUT2D eigenvalue weighted by molar-refractivity contribution is 0.0996. The Morgan fingerprint density at radius 2 is 2.05 bits per heavy atom. The summed E-state index contributed by atoms with van der Waals surface area (Å²) >= 11 is 3.23. The molecule has 1 aromatic carbocycles. The Labute approximate surface area is 130 Å². The topological polar surface area (TPSA) is 118 Å². The summed E-state index contributed by atoms with van der Waals surface area (Å²) in [4.78, 5) is 11.4. The van der Waals surface area contributed by atoms with Crippen LogP contribution in [-0.4, -0.2) is 24.5 Å². The van der Waals surface area contributed by atoms with Gasteiger partial charge in [0.05, 0.1) is 10.6 Å². The van der Waals surface area contributed by atoms with Crippen molar-refractivity contribution in [2.45, 2.75) is 18.7 Å². The molecule has 0 atom stereocenters. The van der Waals surface area contributed by atoms with E-state index in [9.17, 15) is 13.2 Å². The predicted octanol–water partition coefficient (Wildman–Crippen LogP) is 1.69. The number of sulfonamides is 1. The van der Waals surface area contributed by atoms with Crippen molar-refractivity contribution in [1.82, 2.24) is 10.2 Å². The number of nitrogens with zero attached hydrogens (tertiary/aromatic N) is 1. The lowest BCUT2D eigenvalue weighted by Gasteiger charge is -2.11. The summed E-state index contributed by atoms with van der Waals surface area (Å²) < 4.78 is 27.9. The highest BCUT2D eigenvalue weighted by Gasteiger charge is 2.23. The van der Waals surface area contributed by atoms with Crippen molar-refractivity contribution in [1.29, 1.82) is 0 Å². The third-order valence-electron chi connectivity index (χ3n) is 2.86. The summed E-state index contributed by atoms with van der Waals surface area (Å²) in [6.07, 6.45) is 0. The Hall–Kier alpha value is -1.87. The van der Waals surface area contributed by atoms with Crippen molar-refractivity contribution in [3.63, 3.8) is 0 Å². The monoisotopic (exact) mass is 372 g/mol. The summed E-state index contributed by atoms with van der Waals surface area (Å²) in [5, 5.41) is 6.23. The van der Waals surface area contributed by atoms with Gasteiger partial charge >= 0.3 is 0 Å². The maximum atomic E-state index is 12.5. The smallest absolute Gasteiger partial charge is 0.271 e. The van der Waals surface area contributed by atoms with E-state index in [-0.39, 0.29) is 16.3 Å². The standard InChI is InChI=1S/C12H13BrN4O3S/c1-6-3-4-8(13)5-9(6)21(19,20)17-10-7(2)15-16-11(10)12(14)18/h3-5,17H,1-2H3,(H2,14,18)(H,15,16). The van der Waals surface area contributed by atoms with E-state index >= 15 is 0 Å². The number of hydrogen-bond acceptors (Lipinski definition) is 4. The van der Waals surface area contributed by atoms with E-state index < -0.39 is 15.9 Å². The fraction of sp³-hybridized carbons (Fsp3) is 0.167. The van der Waals surface area contributed by atoms with E-state index in [1.54, 1.807) is 26.0 Å². The Bertz CT molecular complexity index is 814. The maximum absolute atomic E-state index is 12.5. The lowest BCUT2D eigenvalue weighted by atomic mass is 10.2. The van der Waals surface area contributed by atoms with Gasteiger partial charge in [-0.05, 0) is 31.5 Å². The van der Waals surface area contributed by atoms with E-state index in [2.05, 4.69) is 30.8 Å². The zero-order valence-corrected chi connectivity index (χ0v) is 13.7. The molecular weight excluding hydrogens is 360 g/mol. The highest BCUT2D eigenvalue weighted by Crippen LogP contribution is 2.25. The number of hydrogen-bond donors (Lipinski definition) is 3. The van der Waals surface area contributed by atoms with E-state index in [4.69, 9.17) is 5.73 Å². The minimum atomic E-state index is -3.86. The fourth-order valence-corrected chi connectivity index (χ4v) is 3.70. The normalized spacial score (nSPS) is 11.4. The van der Waals surface area contributed by atoms with Crippen LogP contribution in [0, 0.1) is 13.8 Å². The third kappa shape index (κ3) is 3.08. The van der Waals surface area contributed by atoms with Crippen molar-refractivity contribution in [3.8, 4) is 0 Å². The average molecular weight is 373 g/mol. The molecular formula is C12H13BrN4O3S. The molecule has 0 aliphatic heterocycles. The van der Waals surface area contributed by atoms with Gasteiger partial charge in [-0.25, -0.2) is 8.42 Å². The molecule has 1 aromatic heterocycles. The van der Waals surface area contributed by atoms with Crippen LogP contribution < -0.4 is 10.5 Å². The van der Waals surface area contributed by atoms with Crippen LogP contribution in [0.3, 0.4) is 0 Å². The molecule has 0 saturated heterocycles. The van der Waals surface area contributed by atoms with Crippen LogP contribution in [0.2, 0.25) is 0 Å². The van der Waals surface area contributed by atoms with Crippen molar-refractivity contribution >= 4 is 37.5 Å². The Kier molecular flexibility index (Phi) is 4.06. The Balaban J connectivity index is 2.50. The second-order valence-corrected chi connectivity index (χ2v) is 7.02. The van der Waals surface area contributed by atoms with E-state index in [0.29, 0.717) is 15.7 Å². The molecule has 0 fully saturated rings. The second-order valence-electron chi connectivity index (χ2n) is 4.45. The van der Waals surface area contributed by atoms with Gasteiger partial charge < -0.3 is 5.73 Å². The minimum Gasteiger partial charge on any atom is -0.364 e. The van der Waals surface area contributed by atoms with Gasteiger partial charge in [0, 0.05) is 4.47 Å². The molecule has 4 N–H and O–H groups in total. The van der Waals surface area contributed by atoms with Crippen LogP contribution in [-0.2, 0) is 10.0 Å². The van der Waals surface area contributed by atoms with Gasteiger partial charge in [-0.1, -0.05) is 22.0 Å². The molecule has 9 heteroatoms.